The maximum atomic E-state index is 5.95. The second-order valence-electron chi connectivity index (χ2n) is 6.25. The molecule has 1 unspecified atom stereocenters. The minimum Gasteiger partial charge on any atom is -0.370 e. The lowest BCUT2D eigenvalue weighted by atomic mass is 10.0. The summed E-state index contributed by atoms with van der Waals surface area (Å²) in [5.41, 5.74) is 7.34. The normalized spacial score (nSPS) is 22.9. The molecule has 0 radical (unpaired) electrons. The van der Waals surface area contributed by atoms with E-state index in [2.05, 4.69) is 45.5 Å². The molecular formula is C17H27IN4. The van der Waals surface area contributed by atoms with Crippen LogP contribution in [0.2, 0.25) is 0 Å². The van der Waals surface area contributed by atoms with Crippen LogP contribution in [0.15, 0.2) is 35.3 Å². The third-order valence-corrected chi connectivity index (χ3v) is 4.38. The number of hydrogen-bond acceptors (Lipinski definition) is 2. The average molecular weight is 414 g/mol. The fourth-order valence-electron chi connectivity index (χ4n) is 2.98. The van der Waals surface area contributed by atoms with Crippen LogP contribution in [0, 0.1) is 0 Å². The summed E-state index contributed by atoms with van der Waals surface area (Å²) >= 11 is 0. The van der Waals surface area contributed by atoms with Crippen molar-refractivity contribution in [2.24, 2.45) is 10.7 Å². The van der Waals surface area contributed by atoms with Gasteiger partial charge in [-0.05, 0) is 37.8 Å². The Balaban J connectivity index is 0.00000176. The second-order valence-corrected chi connectivity index (χ2v) is 6.25. The highest BCUT2D eigenvalue weighted by atomic mass is 127. The van der Waals surface area contributed by atoms with Crippen molar-refractivity contribution < 1.29 is 0 Å². The molecular weight excluding hydrogens is 387 g/mol. The van der Waals surface area contributed by atoms with E-state index < -0.39 is 0 Å². The molecule has 0 amide bonds. The van der Waals surface area contributed by atoms with Crippen molar-refractivity contribution in [1.29, 1.82) is 0 Å². The molecule has 1 saturated heterocycles. The fraction of sp³-hybridized carbons (Fsp3) is 0.588. The van der Waals surface area contributed by atoms with E-state index in [0.29, 0.717) is 18.0 Å². The summed E-state index contributed by atoms with van der Waals surface area (Å²) in [6, 6.07) is 11.8. The summed E-state index contributed by atoms with van der Waals surface area (Å²) in [5.74, 6) is 0.628. The minimum atomic E-state index is 0. The number of nitrogens with one attached hydrogen (secondary N) is 1. The summed E-state index contributed by atoms with van der Waals surface area (Å²) in [4.78, 5) is 7.12. The first-order chi connectivity index (χ1) is 10.3. The molecule has 0 spiro atoms. The first-order valence-corrected chi connectivity index (χ1v) is 8.16. The predicted octanol–water partition coefficient (Wildman–Crippen LogP) is 2.73. The summed E-state index contributed by atoms with van der Waals surface area (Å²) in [5, 5.41) is 3.27. The number of nitrogens with zero attached hydrogens (tertiary/aromatic N) is 2. The van der Waals surface area contributed by atoms with Crippen LogP contribution in [0.25, 0.3) is 0 Å². The number of aliphatic imine (C=N–C) groups is 1. The number of nitrogens with two attached hydrogens (primary N) is 1. The van der Waals surface area contributed by atoms with Crippen LogP contribution in [0.5, 0.6) is 0 Å². The van der Waals surface area contributed by atoms with Gasteiger partial charge in [0, 0.05) is 18.6 Å². The van der Waals surface area contributed by atoms with Crippen molar-refractivity contribution in [2.75, 3.05) is 13.1 Å². The Bertz CT molecular complexity index is 473. The van der Waals surface area contributed by atoms with Crippen LogP contribution >= 0.6 is 24.0 Å². The number of benzene rings is 1. The van der Waals surface area contributed by atoms with Gasteiger partial charge < -0.3 is 11.1 Å². The van der Waals surface area contributed by atoms with Crippen molar-refractivity contribution in [2.45, 2.75) is 50.7 Å². The molecule has 1 saturated carbocycles. The van der Waals surface area contributed by atoms with Crippen LogP contribution in [0.1, 0.15) is 37.7 Å². The lowest BCUT2D eigenvalue weighted by Crippen LogP contribution is -2.42. The molecule has 1 aromatic rings. The average Bonchev–Trinajstić information content (AvgIpc) is 3.31. The Morgan fingerprint density at radius 2 is 1.95 bits per heavy atom. The molecule has 1 aliphatic heterocycles. The van der Waals surface area contributed by atoms with E-state index in [-0.39, 0.29) is 24.0 Å². The van der Waals surface area contributed by atoms with E-state index in [1.54, 1.807) is 0 Å². The summed E-state index contributed by atoms with van der Waals surface area (Å²) in [6.07, 6.45) is 6.30. The number of halogens is 1. The molecule has 1 atom stereocenters. The maximum Gasteiger partial charge on any atom is 0.188 e. The van der Waals surface area contributed by atoms with E-state index in [4.69, 9.17) is 5.73 Å². The third kappa shape index (κ3) is 5.43. The largest absolute Gasteiger partial charge is 0.370 e. The number of likely N-dealkylation sites (tertiary alicyclic amines) is 1. The summed E-state index contributed by atoms with van der Waals surface area (Å²) in [7, 11) is 0. The smallest absolute Gasteiger partial charge is 0.188 e. The first kappa shape index (κ1) is 17.5. The van der Waals surface area contributed by atoms with E-state index in [1.807, 2.05) is 0 Å². The highest BCUT2D eigenvalue weighted by molar-refractivity contribution is 14.0. The van der Waals surface area contributed by atoms with Gasteiger partial charge in [0.2, 0.25) is 0 Å². The molecule has 3 N–H and O–H groups in total. The van der Waals surface area contributed by atoms with E-state index in [9.17, 15) is 0 Å². The monoisotopic (exact) mass is 414 g/mol. The van der Waals surface area contributed by atoms with Crippen molar-refractivity contribution in [1.82, 2.24) is 10.2 Å². The van der Waals surface area contributed by atoms with E-state index in [0.717, 1.165) is 13.1 Å². The van der Waals surface area contributed by atoms with Crippen molar-refractivity contribution >= 4 is 29.9 Å². The number of guanidine groups is 1. The van der Waals surface area contributed by atoms with Gasteiger partial charge >= 0.3 is 0 Å². The Kier molecular flexibility index (Phi) is 6.95. The standard InChI is InChI=1S/C17H26N4.HI/c18-17(20-15-9-10-15)19-12-16-8-4-5-11-21(16)13-14-6-2-1-3-7-14;/h1-3,6-7,15-16H,4-5,8-13H2,(H3,18,19,20);1H. The second kappa shape index (κ2) is 8.72. The maximum absolute atomic E-state index is 5.95. The summed E-state index contributed by atoms with van der Waals surface area (Å²) < 4.78 is 0. The van der Waals surface area contributed by atoms with Gasteiger partial charge in [-0.15, -0.1) is 24.0 Å². The van der Waals surface area contributed by atoms with Gasteiger partial charge in [-0.1, -0.05) is 36.8 Å². The highest BCUT2D eigenvalue weighted by Crippen LogP contribution is 2.20. The molecule has 3 rings (SSSR count). The van der Waals surface area contributed by atoms with Gasteiger partial charge in [0.25, 0.3) is 0 Å². The Morgan fingerprint density at radius 1 is 1.18 bits per heavy atom. The Labute approximate surface area is 150 Å². The molecule has 5 heteroatoms. The predicted molar refractivity (Wildman–Crippen MR) is 103 cm³/mol. The van der Waals surface area contributed by atoms with Crippen LogP contribution in [0.4, 0.5) is 0 Å². The van der Waals surface area contributed by atoms with Crippen LogP contribution in [0.3, 0.4) is 0 Å². The number of piperidine rings is 1. The van der Waals surface area contributed by atoms with Crippen LogP contribution < -0.4 is 11.1 Å². The molecule has 0 bridgehead atoms. The SMILES string of the molecule is I.NC(=NCC1CCCCN1Cc1ccccc1)NC1CC1. The Morgan fingerprint density at radius 3 is 2.68 bits per heavy atom. The van der Waals surface area contributed by atoms with E-state index >= 15 is 0 Å². The van der Waals surface area contributed by atoms with Crippen LogP contribution in [-0.2, 0) is 6.54 Å². The Hall–Kier alpha value is -0.820. The highest BCUT2D eigenvalue weighted by Gasteiger charge is 2.23. The lowest BCUT2D eigenvalue weighted by molar-refractivity contribution is 0.145. The van der Waals surface area contributed by atoms with Gasteiger partial charge in [-0.2, -0.15) is 0 Å². The topological polar surface area (TPSA) is 53.6 Å². The van der Waals surface area contributed by atoms with E-state index in [1.165, 1.54) is 44.2 Å². The minimum absolute atomic E-state index is 0. The number of rotatable bonds is 5. The first-order valence-electron chi connectivity index (χ1n) is 8.16. The molecule has 2 fully saturated rings. The molecule has 1 aromatic carbocycles. The zero-order chi connectivity index (χ0) is 14.5. The summed E-state index contributed by atoms with van der Waals surface area (Å²) in [6.45, 7) is 3.01. The molecule has 22 heavy (non-hydrogen) atoms. The quantitative estimate of drug-likeness (QED) is 0.443. The third-order valence-electron chi connectivity index (χ3n) is 4.38. The van der Waals surface area contributed by atoms with Crippen LogP contribution in [-0.4, -0.2) is 36.0 Å². The van der Waals surface area contributed by atoms with Crippen molar-refractivity contribution in [3.63, 3.8) is 0 Å². The van der Waals surface area contributed by atoms with Gasteiger partial charge in [0.1, 0.15) is 0 Å². The number of hydrogen-bond donors (Lipinski definition) is 2. The van der Waals surface area contributed by atoms with Gasteiger partial charge in [-0.3, -0.25) is 9.89 Å². The molecule has 1 aliphatic carbocycles. The van der Waals surface area contributed by atoms with Gasteiger partial charge in [0.15, 0.2) is 5.96 Å². The molecule has 4 nitrogen and oxygen atoms in total. The molecule has 0 aromatic heterocycles. The zero-order valence-electron chi connectivity index (χ0n) is 13.1. The lowest BCUT2D eigenvalue weighted by Gasteiger charge is -2.35. The molecule has 122 valence electrons. The van der Waals surface area contributed by atoms with Crippen molar-refractivity contribution in [3.8, 4) is 0 Å². The fourth-order valence-corrected chi connectivity index (χ4v) is 2.98. The zero-order valence-corrected chi connectivity index (χ0v) is 15.4. The molecule has 2 aliphatic rings. The van der Waals surface area contributed by atoms with Gasteiger partial charge in [-0.25, -0.2) is 0 Å². The van der Waals surface area contributed by atoms with Gasteiger partial charge in [0.05, 0.1) is 6.54 Å². The van der Waals surface area contributed by atoms with Crippen molar-refractivity contribution in [3.05, 3.63) is 35.9 Å². The molecule has 1 heterocycles.